The zero-order chi connectivity index (χ0) is 25.9. The van der Waals surface area contributed by atoms with Crippen molar-refractivity contribution in [1.29, 1.82) is 0 Å². The minimum atomic E-state index is -4.79. The van der Waals surface area contributed by atoms with Crippen LogP contribution >= 0.6 is 11.6 Å². The summed E-state index contributed by atoms with van der Waals surface area (Å²) in [5.41, 5.74) is -0.968. The molecule has 3 aromatic rings. The van der Waals surface area contributed by atoms with Gasteiger partial charge in [0.15, 0.2) is 0 Å². The molecule has 0 aliphatic heterocycles. The maximum Gasteiger partial charge on any atom is 0.416 e. The number of nitrogens with one attached hydrogen (secondary N) is 2. The minimum Gasteiger partial charge on any atom is -0.335 e. The summed E-state index contributed by atoms with van der Waals surface area (Å²) in [5.74, 6) is -1.07. The van der Waals surface area contributed by atoms with Gasteiger partial charge in [-0.3, -0.25) is 4.98 Å². The summed E-state index contributed by atoms with van der Waals surface area (Å²) in [6.45, 7) is 1.88. The van der Waals surface area contributed by atoms with E-state index < -0.39 is 29.1 Å². The summed E-state index contributed by atoms with van der Waals surface area (Å²) < 4.78 is 55.8. The summed E-state index contributed by atoms with van der Waals surface area (Å²) in [7, 11) is 0. The summed E-state index contributed by atoms with van der Waals surface area (Å²) in [6, 6.07) is 12.1. The number of alkyl halides is 3. The number of benzene rings is 2. The maximum atomic E-state index is 14.7. The van der Waals surface area contributed by atoms with E-state index in [0.29, 0.717) is 11.1 Å². The first-order valence-electron chi connectivity index (χ1n) is 11.7. The van der Waals surface area contributed by atoms with Gasteiger partial charge in [0.1, 0.15) is 11.4 Å². The van der Waals surface area contributed by atoms with Crippen molar-refractivity contribution in [1.82, 2.24) is 15.6 Å². The van der Waals surface area contributed by atoms with E-state index in [1.165, 1.54) is 18.3 Å². The third-order valence-corrected chi connectivity index (χ3v) is 6.68. The van der Waals surface area contributed by atoms with Gasteiger partial charge in [-0.2, -0.15) is 13.2 Å². The number of aromatic nitrogens is 1. The molecule has 0 saturated heterocycles. The number of halogens is 5. The van der Waals surface area contributed by atoms with E-state index >= 15 is 0 Å². The predicted molar refractivity (Wildman–Crippen MR) is 130 cm³/mol. The fourth-order valence-corrected chi connectivity index (χ4v) is 4.87. The number of amides is 2. The van der Waals surface area contributed by atoms with Crippen molar-refractivity contribution in [2.45, 2.75) is 56.8 Å². The van der Waals surface area contributed by atoms with E-state index in [1.54, 1.807) is 6.07 Å². The Morgan fingerprint density at radius 1 is 1.06 bits per heavy atom. The maximum absolute atomic E-state index is 14.7. The van der Waals surface area contributed by atoms with Gasteiger partial charge in [0.05, 0.1) is 16.3 Å². The lowest BCUT2D eigenvalue weighted by molar-refractivity contribution is -0.137. The number of pyridine rings is 1. The highest BCUT2D eigenvalue weighted by Gasteiger charge is 2.41. The van der Waals surface area contributed by atoms with Crippen LogP contribution in [0.3, 0.4) is 0 Å². The number of urea groups is 1. The molecular weight excluding hydrogens is 494 g/mol. The second-order valence-electron chi connectivity index (χ2n) is 9.24. The second-order valence-corrected chi connectivity index (χ2v) is 9.68. The van der Waals surface area contributed by atoms with Crippen LogP contribution in [0.2, 0.25) is 5.02 Å². The van der Waals surface area contributed by atoms with Gasteiger partial charge in [-0.25, -0.2) is 9.18 Å². The van der Waals surface area contributed by atoms with Gasteiger partial charge in [0, 0.05) is 18.7 Å². The number of carbonyl (C=O) groups excluding carboxylic acids is 1. The fraction of sp³-hybridized carbons (Fsp3) is 0.333. The molecule has 9 heteroatoms. The van der Waals surface area contributed by atoms with Crippen LogP contribution in [-0.2, 0) is 18.1 Å². The number of hydrogen-bond acceptors (Lipinski definition) is 2. The van der Waals surface area contributed by atoms with Gasteiger partial charge in [0.2, 0.25) is 0 Å². The van der Waals surface area contributed by atoms with Crippen LogP contribution in [-0.4, -0.2) is 17.1 Å². The Hall–Kier alpha value is -3.13. The first-order chi connectivity index (χ1) is 17.0. The fourth-order valence-electron chi connectivity index (χ4n) is 4.76. The van der Waals surface area contributed by atoms with Gasteiger partial charge in [-0.1, -0.05) is 54.3 Å². The molecule has 4 nitrogen and oxygen atoms in total. The Kier molecular flexibility index (Phi) is 7.54. The van der Waals surface area contributed by atoms with Crippen LogP contribution in [0.1, 0.15) is 53.6 Å². The molecular formula is C27H26ClF4N3O. The smallest absolute Gasteiger partial charge is 0.335 e. The Morgan fingerprint density at radius 3 is 2.42 bits per heavy atom. The molecule has 1 aliphatic carbocycles. The van der Waals surface area contributed by atoms with Crippen LogP contribution < -0.4 is 10.6 Å². The summed E-state index contributed by atoms with van der Waals surface area (Å²) in [4.78, 5) is 17.6. The summed E-state index contributed by atoms with van der Waals surface area (Å²) in [5, 5.41) is 6.13. The van der Waals surface area contributed by atoms with E-state index in [9.17, 15) is 22.4 Å². The zero-order valence-electron chi connectivity index (χ0n) is 19.6. The largest absolute Gasteiger partial charge is 0.416 e. The highest BCUT2D eigenvalue weighted by atomic mass is 35.5. The molecule has 2 aromatic carbocycles. The quantitative estimate of drug-likeness (QED) is 0.347. The van der Waals surface area contributed by atoms with Crippen molar-refractivity contribution in [2.75, 3.05) is 0 Å². The molecule has 2 N–H and O–H groups in total. The molecule has 190 valence electrons. The molecule has 4 rings (SSSR count). The van der Waals surface area contributed by atoms with Crippen LogP contribution in [0.25, 0.3) is 0 Å². The molecule has 1 fully saturated rings. The average Bonchev–Trinajstić information content (AvgIpc) is 3.31. The topological polar surface area (TPSA) is 54.0 Å². The van der Waals surface area contributed by atoms with Gasteiger partial charge in [-0.05, 0) is 61.2 Å². The molecule has 0 spiro atoms. The number of hydrogen-bond donors (Lipinski definition) is 2. The molecule has 1 aliphatic rings. The van der Waals surface area contributed by atoms with E-state index in [4.69, 9.17) is 11.6 Å². The molecule has 0 unspecified atom stereocenters. The average molecular weight is 520 g/mol. The molecule has 1 heterocycles. The van der Waals surface area contributed by atoms with Crippen molar-refractivity contribution in [3.05, 3.63) is 99.6 Å². The molecule has 1 atom stereocenters. The molecule has 0 bridgehead atoms. The van der Waals surface area contributed by atoms with E-state index in [-0.39, 0.29) is 23.7 Å². The van der Waals surface area contributed by atoms with E-state index in [2.05, 4.69) is 15.6 Å². The van der Waals surface area contributed by atoms with Crippen molar-refractivity contribution in [3.63, 3.8) is 0 Å². The van der Waals surface area contributed by atoms with Gasteiger partial charge < -0.3 is 10.6 Å². The number of carbonyl (C=O) groups is 1. The van der Waals surface area contributed by atoms with Gasteiger partial charge in [-0.15, -0.1) is 0 Å². The lowest BCUT2D eigenvalue weighted by Crippen LogP contribution is -2.54. The Labute approximate surface area is 212 Å². The SMILES string of the molecule is Cc1cccc(C[C@](NC(=O)NC2CCCC2)(c2cc(F)cc(C(F)(F)F)c2)c2ccc(Cl)cn2)c1. The third kappa shape index (κ3) is 5.98. The number of nitrogens with zero attached hydrogens (tertiary/aromatic N) is 1. The normalized spacial score (nSPS) is 15.9. The predicted octanol–water partition coefficient (Wildman–Crippen LogP) is 6.93. The summed E-state index contributed by atoms with van der Waals surface area (Å²) >= 11 is 6.05. The van der Waals surface area contributed by atoms with Crippen molar-refractivity contribution in [3.8, 4) is 0 Å². The highest BCUT2D eigenvalue weighted by Crippen LogP contribution is 2.38. The Balaban J connectivity index is 1.90. The first kappa shape index (κ1) is 25.9. The standard InChI is InChI=1S/C27H26ClF4N3O/c1-17-5-4-6-18(11-17)15-26(24-10-9-21(28)16-33-24,35-25(36)34-23-7-2-3-8-23)19-12-20(27(30,31)32)14-22(29)13-19/h4-6,9-14,16,23H,2-3,7-8,15H2,1H3,(H2,34,35,36)/t26-/m0/s1. The lowest BCUT2D eigenvalue weighted by atomic mass is 9.79. The van der Waals surface area contributed by atoms with Crippen LogP contribution in [0.4, 0.5) is 22.4 Å². The van der Waals surface area contributed by atoms with Gasteiger partial charge in [0.25, 0.3) is 0 Å². The van der Waals surface area contributed by atoms with Crippen LogP contribution in [0.15, 0.2) is 60.8 Å². The third-order valence-electron chi connectivity index (χ3n) is 6.45. The van der Waals surface area contributed by atoms with Crippen LogP contribution in [0, 0.1) is 12.7 Å². The number of aryl methyl sites for hydroxylation is 1. The van der Waals surface area contributed by atoms with Crippen molar-refractivity contribution >= 4 is 17.6 Å². The molecule has 1 aromatic heterocycles. The van der Waals surface area contributed by atoms with Crippen LogP contribution in [0.5, 0.6) is 0 Å². The van der Waals surface area contributed by atoms with E-state index in [1.807, 2.05) is 25.1 Å². The van der Waals surface area contributed by atoms with E-state index in [0.717, 1.165) is 48.9 Å². The Bertz CT molecular complexity index is 1230. The molecule has 36 heavy (non-hydrogen) atoms. The van der Waals surface area contributed by atoms with Gasteiger partial charge >= 0.3 is 12.2 Å². The van der Waals surface area contributed by atoms with Crippen molar-refractivity contribution in [2.24, 2.45) is 0 Å². The Morgan fingerprint density at radius 2 is 1.78 bits per heavy atom. The lowest BCUT2D eigenvalue weighted by Gasteiger charge is -2.36. The number of rotatable bonds is 6. The molecule has 2 amide bonds. The molecule has 1 saturated carbocycles. The van der Waals surface area contributed by atoms with Crippen molar-refractivity contribution < 1.29 is 22.4 Å². The summed E-state index contributed by atoms with van der Waals surface area (Å²) in [6.07, 6.45) is 0.190. The monoisotopic (exact) mass is 519 g/mol. The highest BCUT2D eigenvalue weighted by molar-refractivity contribution is 6.30. The molecule has 0 radical (unpaired) electrons. The second kappa shape index (κ2) is 10.5. The first-order valence-corrected chi connectivity index (χ1v) is 12.1. The minimum absolute atomic E-state index is 0.0299. The zero-order valence-corrected chi connectivity index (χ0v) is 20.4.